The van der Waals surface area contributed by atoms with Crippen LogP contribution in [0, 0.1) is 13.8 Å². The number of esters is 4. The quantitative estimate of drug-likeness (QED) is 0.0741. The first-order valence-electron chi connectivity index (χ1n) is 24.9. The number of allylic oxidation sites excluding steroid dienone is 1. The van der Waals surface area contributed by atoms with Crippen molar-refractivity contribution in [2.75, 3.05) is 0 Å². The van der Waals surface area contributed by atoms with E-state index in [1.54, 1.807) is 6.08 Å². The zero-order chi connectivity index (χ0) is 54.9. The zero-order valence-corrected chi connectivity index (χ0v) is 47.2. The highest BCUT2D eigenvalue weighted by atomic mass is 16.5. The van der Waals surface area contributed by atoms with Crippen LogP contribution in [0.15, 0.2) is 98.6 Å². The van der Waals surface area contributed by atoms with Gasteiger partial charge in [0, 0.05) is 81.2 Å². The van der Waals surface area contributed by atoms with Crippen LogP contribution in [-0.2, 0) is 58.1 Å². The average molecular weight is 979 g/mol. The summed E-state index contributed by atoms with van der Waals surface area (Å²) in [5, 5.41) is 0. The molecule has 72 heavy (non-hydrogen) atoms. The van der Waals surface area contributed by atoms with Crippen LogP contribution in [0.3, 0.4) is 0 Å². The standard InChI is InChI=1S/C64H82O8/c1-24-51(65)69-55-40(29-38(4)31-47(55)61(12,13)14)33-41-30-39(5)32-48(62(15,16)17)56(41)72-54(68)28-27-44(45-34-42(59(6,7)8)36-49(63(18,19)20)57(45)70-52(66)25-2)46-35-43(60(9,10)11)37-50(64(21,22)23)58(46)71-53(67)26-3/h24-32,34-37,44H,1-3,33H2,4-23H3. The first-order valence-corrected chi connectivity index (χ1v) is 24.9. The van der Waals surface area contributed by atoms with E-state index in [-0.39, 0.29) is 22.7 Å². The van der Waals surface area contributed by atoms with E-state index in [9.17, 15) is 19.2 Å². The van der Waals surface area contributed by atoms with Gasteiger partial charge in [-0.2, -0.15) is 0 Å². The molecule has 0 N–H and O–H groups in total. The molecule has 8 nitrogen and oxygen atoms in total. The molecule has 386 valence electrons. The van der Waals surface area contributed by atoms with Gasteiger partial charge in [0.25, 0.3) is 0 Å². The maximum absolute atomic E-state index is 15.0. The zero-order valence-electron chi connectivity index (χ0n) is 47.2. The van der Waals surface area contributed by atoms with Crippen LogP contribution >= 0.6 is 0 Å². The number of rotatable bonds is 13. The Hall–Kier alpha value is -6.28. The molecule has 4 rings (SSSR count). The number of benzene rings is 4. The van der Waals surface area contributed by atoms with Crippen LogP contribution in [-0.4, -0.2) is 23.9 Å². The van der Waals surface area contributed by atoms with Gasteiger partial charge in [0.05, 0.1) is 0 Å². The molecule has 0 spiro atoms. The van der Waals surface area contributed by atoms with Crippen LogP contribution in [0.4, 0.5) is 0 Å². The normalized spacial score (nSPS) is 12.7. The monoisotopic (exact) mass is 979 g/mol. The molecule has 4 aromatic carbocycles. The minimum atomic E-state index is -0.880. The van der Waals surface area contributed by atoms with Crippen LogP contribution in [0.1, 0.15) is 197 Å². The minimum Gasteiger partial charge on any atom is -0.423 e. The third-order valence-electron chi connectivity index (χ3n) is 12.6. The molecular formula is C64H82O8. The molecular weight excluding hydrogens is 897 g/mol. The molecule has 0 atom stereocenters. The lowest BCUT2D eigenvalue weighted by Crippen LogP contribution is -2.23. The minimum absolute atomic E-state index is 0.268. The summed E-state index contributed by atoms with van der Waals surface area (Å²) in [6.45, 7) is 52.6. The van der Waals surface area contributed by atoms with Gasteiger partial charge in [-0.05, 0) is 57.5 Å². The molecule has 0 amide bonds. The van der Waals surface area contributed by atoms with Crippen LogP contribution in [0.25, 0.3) is 0 Å². The smallest absolute Gasteiger partial charge is 0.335 e. The first kappa shape index (κ1) is 58.3. The maximum atomic E-state index is 15.0. The van der Waals surface area contributed by atoms with Crippen molar-refractivity contribution in [3.05, 3.63) is 165 Å². The predicted molar refractivity (Wildman–Crippen MR) is 294 cm³/mol. The summed E-state index contributed by atoms with van der Waals surface area (Å²) >= 11 is 0. The van der Waals surface area contributed by atoms with Gasteiger partial charge in [-0.25, -0.2) is 19.2 Å². The van der Waals surface area contributed by atoms with Gasteiger partial charge in [-0.1, -0.05) is 210 Å². The summed E-state index contributed by atoms with van der Waals surface area (Å²) in [5.74, 6) is -2.01. The van der Waals surface area contributed by atoms with Crippen molar-refractivity contribution in [3.63, 3.8) is 0 Å². The van der Waals surface area contributed by atoms with E-state index in [1.807, 2.05) is 50.2 Å². The van der Waals surface area contributed by atoms with E-state index in [2.05, 4.69) is 156 Å². The highest BCUT2D eigenvalue weighted by Crippen LogP contribution is 2.49. The Labute approximate surface area is 432 Å². The van der Waals surface area contributed by atoms with E-state index in [4.69, 9.17) is 18.9 Å². The summed E-state index contributed by atoms with van der Waals surface area (Å²) in [4.78, 5) is 54.8. The molecule has 0 heterocycles. The van der Waals surface area contributed by atoms with Gasteiger partial charge in [-0.15, -0.1) is 0 Å². The molecule has 0 aliphatic heterocycles. The second kappa shape index (κ2) is 21.4. The Morgan fingerprint density at radius 1 is 0.417 bits per heavy atom. The number of ether oxygens (including phenoxy) is 4. The van der Waals surface area contributed by atoms with Crippen LogP contribution < -0.4 is 18.9 Å². The molecule has 0 saturated carbocycles. The van der Waals surface area contributed by atoms with Gasteiger partial charge < -0.3 is 18.9 Å². The number of hydrogen-bond donors (Lipinski definition) is 0. The first-order chi connectivity index (χ1) is 32.8. The summed E-state index contributed by atoms with van der Waals surface area (Å²) in [5.41, 5.74) is 6.93. The van der Waals surface area contributed by atoms with E-state index in [0.717, 1.165) is 73.9 Å². The number of hydrogen-bond acceptors (Lipinski definition) is 8. The fraction of sp³-hybridized carbons (Fsp3) is 0.438. The molecule has 0 aromatic heterocycles. The average Bonchev–Trinajstić information content (AvgIpc) is 3.23. The highest BCUT2D eigenvalue weighted by molar-refractivity contribution is 5.87. The summed E-state index contributed by atoms with van der Waals surface area (Å²) in [6, 6.07) is 16.2. The highest BCUT2D eigenvalue weighted by Gasteiger charge is 2.35. The molecule has 0 bridgehead atoms. The molecule has 8 heteroatoms. The Bertz CT molecular complexity index is 2700. The van der Waals surface area contributed by atoms with Crippen molar-refractivity contribution < 1.29 is 38.1 Å². The van der Waals surface area contributed by atoms with Crippen molar-refractivity contribution in [1.29, 1.82) is 0 Å². The molecule has 0 aliphatic carbocycles. The second-order valence-corrected chi connectivity index (χ2v) is 25.3. The van der Waals surface area contributed by atoms with Crippen LogP contribution in [0.5, 0.6) is 23.0 Å². The van der Waals surface area contributed by atoms with E-state index in [0.29, 0.717) is 34.1 Å². The van der Waals surface area contributed by atoms with E-state index < -0.39 is 46.0 Å². The van der Waals surface area contributed by atoms with E-state index >= 15 is 0 Å². The Kier molecular flexibility index (Phi) is 17.4. The molecule has 0 saturated heterocycles. The number of carbonyl (C=O) groups is 4. The lowest BCUT2D eigenvalue weighted by molar-refractivity contribution is -0.130. The second-order valence-electron chi connectivity index (χ2n) is 25.3. The lowest BCUT2D eigenvalue weighted by Gasteiger charge is -2.33. The molecule has 4 aromatic rings. The van der Waals surface area contributed by atoms with Crippen LogP contribution in [0.2, 0.25) is 0 Å². The SMILES string of the molecule is C=CC(=O)Oc1c(Cc2cc(C)cc(C(C)(C)C)c2OC(=O)C=CC(c2cc(C(C)(C)C)cc(C(C)(C)C)c2OC(=O)C=C)c2cc(C(C)(C)C)cc(C(C)(C)C)c2OC(=O)C=C)cc(C)cc1C(C)(C)C. The maximum Gasteiger partial charge on any atom is 0.335 e. The van der Waals surface area contributed by atoms with Crippen molar-refractivity contribution >= 4 is 23.9 Å². The van der Waals surface area contributed by atoms with Gasteiger partial charge in [0.2, 0.25) is 0 Å². The Morgan fingerprint density at radius 3 is 1.00 bits per heavy atom. The molecule has 0 aliphatic rings. The fourth-order valence-electron chi connectivity index (χ4n) is 8.60. The van der Waals surface area contributed by atoms with E-state index in [1.165, 1.54) is 6.08 Å². The third kappa shape index (κ3) is 14.2. The van der Waals surface area contributed by atoms with Gasteiger partial charge >= 0.3 is 23.9 Å². The van der Waals surface area contributed by atoms with Crippen molar-refractivity contribution in [3.8, 4) is 23.0 Å². The van der Waals surface area contributed by atoms with Crippen molar-refractivity contribution in [1.82, 2.24) is 0 Å². The van der Waals surface area contributed by atoms with Gasteiger partial charge in [0.15, 0.2) is 0 Å². The third-order valence-corrected chi connectivity index (χ3v) is 12.6. The number of aryl methyl sites for hydroxylation is 2. The Balaban J connectivity index is 2.20. The van der Waals surface area contributed by atoms with Gasteiger partial charge in [0.1, 0.15) is 23.0 Å². The summed E-state index contributed by atoms with van der Waals surface area (Å²) < 4.78 is 25.3. The van der Waals surface area contributed by atoms with Crippen molar-refractivity contribution in [2.45, 2.75) is 183 Å². The largest absolute Gasteiger partial charge is 0.423 e. The number of carbonyl (C=O) groups excluding carboxylic acids is 4. The predicted octanol–water partition coefficient (Wildman–Crippen LogP) is 15.2. The molecule has 0 fully saturated rings. The Morgan fingerprint density at radius 2 is 0.708 bits per heavy atom. The fourth-order valence-corrected chi connectivity index (χ4v) is 8.60. The summed E-state index contributed by atoms with van der Waals surface area (Å²) in [6.07, 6.45) is 6.83. The molecule has 0 unspecified atom stereocenters. The lowest BCUT2D eigenvalue weighted by atomic mass is 9.74. The van der Waals surface area contributed by atoms with Gasteiger partial charge in [-0.3, -0.25) is 0 Å². The summed E-state index contributed by atoms with van der Waals surface area (Å²) in [7, 11) is 0. The molecule has 0 radical (unpaired) electrons. The van der Waals surface area contributed by atoms with Crippen molar-refractivity contribution in [2.24, 2.45) is 0 Å². The topological polar surface area (TPSA) is 105 Å².